The van der Waals surface area contributed by atoms with Crippen molar-refractivity contribution in [1.82, 2.24) is 5.32 Å². The zero-order chi connectivity index (χ0) is 13.2. The third-order valence-corrected chi connectivity index (χ3v) is 6.75. The summed E-state index contributed by atoms with van der Waals surface area (Å²) < 4.78 is 1.46. The van der Waals surface area contributed by atoms with Crippen molar-refractivity contribution in [2.75, 3.05) is 6.54 Å². The highest BCUT2D eigenvalue weighted by Gasteiger charge is 2.24. The monoisotopic (exact) mass is 389 g/mol. The van der Waals surface area contributed by atoms with Gasteiger partial charge in [0.15, 0.2) is 0 Å². The second-order valence-corrected chi connectivity index (χ2v) is 9.45. The largest absolute Gasteiger partial charge is 0.310 e. The third-order valence-electron chi connectivity index (χ3n) is 4.78. The van der Waals surface area contributed by atoms with Crippen LogP contribution in [0.3, 0.4) is 0 Å². The van der Waals surface area contributed by atoms with Gasteiger partial charge in [-0.05, 0) is 84.7 Å². The first kappa shape index (κ1) is 14.3. The van der Waals surface area contributed by atoms with Gasteiger partial charge in [0.25, 0.3) is 0 Å². The van der Waals surface area contributed by atoms with E-state index < -0.39 is 0 Å². The maximum Gasteiger partial charge on any atom is 0.0659 e. The molecule has 1 saturated carbocycles. The lowest BCUT2D eigenvalue weighted by atomic mass is 9.82. The molecule has 1 aromatic rings. The summed E-state index contributed by atoms with van der Waals surface area (Å²) in [6, 6.07) is 3.06. The van der Waals surface area contributed by atoms with E-state index in [9.17, 15) is 0 Å². The highest BCUT2D eigenvalue weighted by molar-refractivity contribution is 14.1. The fourth-order valence-electron chi connectivity index (χ4n) is 3.79. The first-order chi connectivity index (χ1) is 9.22. The molecular weight excluding hydrogens is 365 g/mol. The van der Waals surface area contributed by atoms with Crippen LogP contribution < -0.4 is 5.32 Å². The number of hydrogen-bond donors (Lipinski definition) is 1. The molecule has 0 spiro atoms. The smallest absolute Gasteiger partial charge is 0.0659 e. The maximum absolute atomic E-state index is 3.88. The van der Waals surface area contributed by atoms with Crippen LogP contribution in [0.4, 0.5) is 0 Å². The van der Waals surface area contributed by atoms with Gasteiger partial charge < -0.3 is 5.32 Å². The topological polar surface area (TPSA) is 12.0 Å². The molecule has 0 bridgehead atoms. The van der Waals surface area contributed by atoms with Crippen LogP contribution in [0.2, 0.25) is 0 Å². The predicted octanol–water partition coefficient (Wildman–Crippen LogP) is 5.15. The molecule has 2 aliphatic rings. The minimum absolute atomic E-state index is 0.640. The summed E-state index contributed by atoms with van der Waals surface area (Å²) in [7, 11) is 0. The molecule has 3 rings (SSSR count). The Bertz CT molecular complexity index is 428. The molecule has 2 aliphatic carbocycles. The Kier molecular flexibility index (Phi) is 4.86. The second kappa shape index (κ2) is 6.44. The molecular formula is C16H24INS. The van der Waals surface area contributed by atoms with Crippen molar-refractivity contribution in [3.63, 3.8) is 0 Å². The van der Waals surface area contributed by atoms with Crippen LogP contribution in [0.1, 0.15) is 61.9 Å². The van der Waals surface area contributed by atoms with Gasteiger partial charge >= 0.3 is 0 Å². The Morgan fingerprint density at radius 1 is 1.32 bits per heavy atom. The normalized spacial score (nSPS) is 31.2. The number of rotatable bonds is 3. The summed E-state index contributed by atoms with van der Waals surface area (Å²) in [4.78, 5) is 1.64. The van der Waals surface area contributed by atoms with Crippen molar-refractivity contribution in [3.8, 4) is 0 Å². The summed E-state index contributed by atoms with van der Waals surface area (Å²) in [5, 5.41) is 3.88. The first-order valence-corrected chi connectivity index (χ1v) is 9.63. The minimum atomic E-state index is 0.640. The molecule has 1 nitrogen and oxygen atoms in total. The summed E-state index contributed by atoms with van der Waals surface area (Å²) in [6.45, 7) is 3.66. The highest BCUT2D eigenvalue weighted by Crippen LogP contribution is 2.37. The minimum Gasteiger partial charge on any atom is -0.310 e. The van der Waals surface area contributed by atoms with E-state index in [0.29, 0.717) is 6.04 Å². The van der Waals surface area contributed by atoms with E-state index in [0.717, 1.165) is 11.8 Å². The predicted molar refractivity (Wildman–Crippen MR) is 91.8 cm³/mol. The van der Waals surface area contributed by atoms with Crippen LogP contribution in [-0.2, 0) is 6.42 Å². The Morgan fingerprint density at radius 3 is 3.05 bits per heavy atom. The van der Waals surface area contributed by atoms with Crippen LogP contribution in [0.15, 0.2) is 6.07 Å². The molecule has 1 heterocycles. The first-order valence-electron chi connectivity index (χ1n) is 7.74. The number of halogens is 1. The van der Waals surface area contributed by atoms with Gasteiger partial charge in [-0.3, -0.25) is 0 Å². The van der Waals surface area contributed by atoms with Crippen molar-refractivity contribution in [2.24, 2.45) is 11.8 Å². The average Bonchev–Trinajstić information content (AvgIpc) is 2.77. The van der Waals surface area contributed by atoms with E-state index >= 15 is 0 Å². The summed E-state index contributed by atoms with van der Waals surface area (Å²) >= 11 is 4.48. The standard InChI is InChI=1S/C16H24INS/c1-11-4-2-5-12(8-11)10-18-14-6-3-7-15-13(14)9-16(17)19-15/h9,11-12,14,18H,2-8,10H2,1H3. The maximum atomic E-state index is 3.88. The molecule has 3 atom stereocenters. The molecule has 0 saturated heterocycles. The fourth-order valence-corrected chi connectivity index (χ4v) is 5.91. The van der Waals surface area contributed by atoms with Crippen molar-refractivity contribution in [3.05, 3.63) is 19.4 Å². The quantitative estimate of drug-likeness (QED) is 0.706. The van der Waals surface area contributed by atoms with Gasteiger partial charge in [0.2, 0.25) is 0 Å². The average molecular weight is 389 g/mol. The Balaban J connectivity index is 1.58. The molecule has 0 radical (unpaired) electrons. The molecule has 0 amide bonds. The van der Waals surface area contributed by atoms with Gasteiger partial charge in [-0.1, -0.05) is 19.8 Å². The van der Waals surface area contributed by atoms with Crippen molar-refractivity contribution >= 4 is 33.9 Å². The van der Waals surface area contributed by atoms with E-state index in [1.165, 1.54) is 54.4 Å². The number of thiophene rings is 1. The summed E-state index contributed by atoms with van der Waals surface area (Å²) in [5.41, 5.74) is 1.62. The van der Waals surface area contributed by atoms with Crippen molar-refractivity contribution in [2.45, 2.75) is 57.9 Å². The summed E-state index contributed by atoms with van der Waals surface area (Å²) in [5.74, 6) is 1.87. The number of aryl methyl sites for hydroxylation is 1. The molecule has 1 N–H and O–H groups in total. The molecule has 0 aliphatic heterocycles. The zero-order valence-electron chi connectivity index (χ0n) is 11.8. The molecule has 1 aromatic heterocycles. The molecule has 106 valence electrons. The van der Waals surface area contributed by atoms with Crippen LogP contribution in [0, 0.1) is 14.7 Å². The zero-order valence-corrected chi connectivity index (χ0v) is 14.7. The van der Waals surface area contributed by atoms with E-state index in [-0.39, 0.29) is 0 Å². The third kappa shape index (κ3) is 3.53. The van der Waals surface area contributed by atoms with Crippen molar-refractivity contribution < 1.29 is 0 Å². The lowest BCUT2D eigenvalue weighted by molar-refractivity contribution is 0.263. The molecule has 3 unspecified atom stereocenters. The number of nitrogens with one attached hydrogen (secondary N) is 1. The number of fused-ring (bicyclic) bond motifs is 1. The van der Waals surface area contributed by atoms with Crippen molar-refractivity contribution in [1.29, 1.82) is 0 Å². The van der Waals surface area contributed by atoms with Gasteiger partial charge in [0.05, 0.1) is 2.88 Å². The molecule has 19 heavy (non-hydrogen) atoms. The number of hydrogen-bond acceptors (Lipinski definition) is 2. The van der Waals surface area contributed by atoms with E-state index in [2.05, 4.69) is 40.9 Å². The Hall–Kier alpha value is 0.390. The molecule has 1 fully saturated rings. The lowest BCUT2D eigenvalue weighted by Crippen LogP contribution is -2.31. The van der Waals surface area contributed by atoms with Crippen LogP contribution in [-0.4, -0.2) is 6.54 Å². The van der Waals surface area contributed by atoms with Gasteiger partial charge in [0.1, 0.15) is 0 Å². The van der Waals surface area contributed by atoms with Gasteiger partial charge in [-0.25, -0.2) is 0 Å². The van der Waals surface area contributed by atoms with E-state index in [1.54, 1.807) is 10.4 Å². The van der Waals surface area contributed by atoms with Crippen LogP contribution >= 0.6 is 33.9 Å². The van der Waals surface area contributed by atoms with Gasteiger partial charge in [0, 0.05) is 10.9 Å². The second-order valence-electron chi connectivity index (χ2n) is 6.42. The Labute approximate surface area is 134 Å². The SMILES string of the molecule is CC1CCCC(CNC2CCCc3sc(I)cc32)C1. The highest BCUT2D eigenvalue weighted by atomic mass is 127. The fraction of sp³-hybridized carbons (Fsp3) is 0.750. The van der Waals surface area contributed by atoms with Gasteiger partial charge in [-0.15, -0.1) is 11.3 Å². The summed E-state index contributed by atoms with van der Waals surface area (Å²) in [6.07, 6.45) is 9.78. The van der Waals surface area contributed by atoms with E-state index in [4.69, 9.17) is 0 Å². The molecule has 3 heteroatoms. The lowest BCUT2D eigenvalue weighted by Gasteiger charge is -2.30. The van der Waals surface area contributed by atoms with Gasteiger partial charge in [-0.2, -0.15) is 0 Å². The Morgan fingerprint density at radius 2 is 2.21 bits per heavy atom. The van der Waals surface area contributed by atoms with Crippen LogP contribution in [0.5, 0.6) is 0 Å². The molecule has 0 aromatic carbocycles. The van der Waals surface area contributed by atoms with E-state index in [1.807, 2.05) is 11.3 Å². The van der Waals surface area contributed by atoms with Crippen LogP contribution in [0.25, 0.3) is 0 Å².